The highest BCUT2D eigenvalue weighted by molar-refractivity contribution is 5.00. The van der Waals surface area contributed by atoms with Crippen molar-refractivity contribution in [1.82, 2.24) is 4.90 Å². The van der Waals surface area contributed by atoms with E-state index in [1.54, 1.807) is 0 Å². The van der Waals surface area contributed by atoms with Gasteiger partial charge in [-0.3, -0.25) is 0 Å². The Balaban J connectivity index is 2.03. The zero-order valence-electron chi connectivity index (χ0n) is 6.51. The molecule has 1 saturated carbocycles. The van der Waals surface area contributed by atoms with Gasteiger partial charge in [0.1, 0.15) is 0 Å². The van der Waals surface area contributed by atoms with E-state index in [1.807, 2.05) is 0 Å². The summed E-state index contributed by atoms with van der Waals surface area (Å²) in [6.07, 6.45) is 2.54. The van der Waals surface area contributed by atoms with Crippen LogP contribution in [-0.4, -0.2) is 36.8 Å². The predicted molar refractivity (Wildman–Crippen MR) is 39.7 cm³/mol. The van der Waals surface area contributed by atoms with Gasteiger partial charge in [-0.2, -0.15) is 0 Å². The van der Waals surface area contributed by atoms with E-state index in [0.717, 1.165) is 12.5 Å². The molecule has 1 aliphatic carbocycles. The number of hydrogen-bond acceptors (Lipinski definition) is 2. The zero-order chi connectivity index (χ0) is 7.19. The first-order chi connectivity index (χ1) is 4.74. The Morgan fingerprint density at radius 3 is 2.70 bits per heavy atom. The Bertz CT molecular complexity index is 140. The van der Waals surface area contributed by atoms with Crippen LogP contribution in [0.25, 0.3) is 0 Å². The summed E-state index contributed by atoms with van der Waals surface area (Å²) in [5, 5.41) is 9.08. The molecule has 2 nitrogen and oxygen atoms in total. The Morgan fingerprint density at radius 1 is 1.60 bits per heavy atom. The van der Waals surface area contributed by atoms with Crippen LogP contribution in [0.5, 0.6) is 0 Å². The third-order valence-electron chi connectivity index (χ3n) is 2.95. The lowest BCUT2D eigenvalue weighted by Crippen LogP contribution is -2.56. The highest BCUT2D eigenvalue weighted by Crippen LogP contribution is 2.49. The van der Waals surface area contributed by atoms with Crippen LogP contribution in [0.3, 0.4) is 0 Å². The molecule has 0 unspecified atom stereocenters. The second kappa shape index (κ2) is 1.95. The molecule has 0 amide bonds. The Kier molecular flexibility index (Phi) is 1.29. The van der Waals surface area contributed by atoms with Gasteiger partial charge in [0.2, 0.25) is 0 Å². The molecule has 0 aromatic rings. The molecule has 0 aromatic carbocycles. The zero-order valence-corrected chi connectivity index (χ0v) is 6.51. The summed E-state index contributed by atoms with van der Waals surface area (Å²) < 4.78 is 0. The molecule has 3 rings (SSSR count). The number of rotatable bonds is 1. The van der Waals surface area contributed by atoms with Gasteiger partial charge in [-0.05, 0) is 25.8 Å². The molecule has 2 aliphatic heterocycles. The van der Waals surface area contributed by atoms with Crippen LogP contribution < -0.4 is 0 Å². The molecule has 2 heteroatoms. The van der Waals surface area contributed by atoms with Crippen molar-refractivity contribution in [3.8, 4) is 0 Å². The van der Waals surface area contributed by atoms with E-state index in [-0.39, 0.29) is 0 Å². The second-order valence-electron chi connectivity index (χ2n) is 4.13. The van der Waals surface area contributed by atoms with Gasteiger partial charge < -0.3 is 10.0 Å². The highest BCUT2D eigenvalue weighted by Gasteiger charge is 2.48. The van der Waals surface area contributed by atoms with Crippen LogP contribution in [0.1, 0.15) is 12.8 Å². The van der Waals surface area contributed by atoms with Gasteiger partial charge in [0.25, 0.3) is 0 Å². The molecule has 2 bridgehead atoms. The smallest absolute Gasteiger partial charge is 0.0499 e. The molecular formula is C8H15NO. The number of piperidine rings is 2. The van der Waals surface area contributed by atoms with Crippen molar-refractivity contribution < 1.29 is 5.11 Å². The molecule has 1 N–H and O–H groups in total. The Morgan fingerprint density at radius 2 is 2.30 bits per heavy atom. The van der Waals surface area contributed by atoms with Crippen molar-refractivity contribution in [1.29, 1.82) is 0 Å². The van der Waals surface area contributed by atoms with Crippen molar-refractivity contribution in [3.05, 3.63) is 0 Å². The van der Waals surface area contributed by atoms with Crippen LogP contribution in [0.4, 0.5) is 0 Å². The van der Waals surface area contributed by atoms with E-state index in [1.165, 1.54) is 19.4 Å². The van der Waals surface area contributed by atoms with Crippen molar-refractivity contribution in [2.24, 2.45) is 11.3 Å². The summed E-state index contributed by atoms with van der Waals surface area (Å²) in [6.45, 7) is 2.76. The summed E-state index contributed by atoms with van der Waals surface area (Å²) in [6, 6.07) is 0. The van der Waals surface area contributed by atoms with Crippen molar-refractivity contribution >= 4 is 0 Å². The maximum absolute atomic E-state index is 9.08. The first-order valence-electron chi connectivity index (χ1n) is 4.03. The maximum atomic E-state index is 9.08. The number of hydrogen-bond donors (Lipinski definition) is 1. The second-order valence-corrected chi connectivity index (χ2v) is 4.13. The summed E-state index contributed by atoms with van der Waals surface area (Å²) in [4.78, 5) is 2.34. The van der Waals surface area contributed by atoms with Crippen LogP contribution in [-0.2, 0) is 0 Å². The van der Waals surface area contributed by atoms with Gasteiger partial charge in [0.15, 0.2) is 0 Å². The van der Waals surface area contributed by atoms with E-state index < -0.39 is 0 Å². The predicted octanol–water partition coefficient (Wildman–Crippen LogP) is 0.321. The van der Waals surface area contributed by atoms with Crippen LogP contribution in [0, 0.1) is 11.3 Å². The van der Waals surface area contributed by atoms with Gasteiger partial charge in [-0.25, -0.2) is 0 Å². The third-order valence-corrected chi connectivity index (χ3v) is 2.95. The highest BCUT2D eigenvalue weighted by atomic mass is 16.3. The largest absolute Gasteiger partial charge is 0.396 e. The first-order valence-corrected chi connectivity index (χ1v) is 4.03. The molecule has 2 heterocycles. The van der Waals surface area contributed by atoms with E-state index in [0.29, 0.717) is 12.0 Å². The topological polar surface area (TPSA) is 23.5 Å². The first kappa shape index (κ1) is 6.62. The molecule has 10 heavy (non-hydrogen) atoms. The number of aliphatic hydroxyl groups is 1. The molecule has 0 spiro atoms. The maximum Gasteiger partial charge on any atom is 0.0499 e. The van der Waals surface area contributed by atoms with Crippen LogP contribution in [0.15, 0.2) is 0 Å². The molecule has 2 saturated heterocycles. The fraction of sp³-hybridized carbons (Fsp3) is 1.00. The molecule has 0 radical (unpaired) electrons. The standard InChI is InChI=1S/C8H15NO/c1-9-4-7-2-8(3-7,5-9)6-10/h7,10H,2-6H2,1H3. The molecule has 58 valence electrons. The minimum Gasteiger partial charge on any atom is -0.396 e. The number of nitrogens with zero attached hydrogens (tertiary/aromatic N) is 1. The Labute approximate surface area is 61.8 Å². The van der Waals surface area contributed by atoms with Gasteiger partial charge in [-0.1, -0.05) is 0 Å². The fourth-order valence-corrected chi connectivity index (χ4v) is 2.68. The van der Waals surface area contributed by atoms with Crippen molar-refractivity contribution in [2.75, 3.05) is 26.7 Å². The van der Waals surface area contributed by atoms with E-state index >= 15 is 0 Å². The summed E-state index contributed by atoms with van der Waals surface area (Å²) in [5.74, 6) is 0.894. The van der Waals surface area contributed by atoms with E-state index in [4.69, 9.17) is 5.11 Å². The normalized spacial score (nSPS) is 46.8. The Hall–Kier alpha value is -0.0800. The monoisotopic (exact) mass is 141 g/mol. The van der Waals surface area contributed by atoms with Gasteiger partial charge in [0, 0.05) is 25.1 Å². The summed E-state index contributed by atoms with van der Waals surface area (Å²) in [5.41, 5.74) is 0.317. The van der Waals surface area contributed by atoms with E-state index in [2.05, 4.69) is 11.9 Å². The van der Waals surface area contributed by atoms with Crippen molar-refractivity contribution in [3.63, 3.8) is 0 Å². The lowest BCUT2D eigenvalue weighted by atomic mass is 9.59. The average molecular weight is 141 g/mol. The summed E-state index contributed by atoms with van der Waals surface area (Å²) >= 11 is 0. The molecule has 0 atom stereocenters. The van der Waals surface area contributed by atoms with Gasteiger partial charge in [0.05, 0.1) is 0 Å². The average Bonchev–Trinajstić information content (AvgIpc) is 1.84. The molecule has 3 fully saturated rings. The number of aliphatic hydroxyl groups excluding tert-OH is 1. The number of fused-ring (bicyclic) bond motifs is 2. The fourth-order valence-electron chi connectivity index (χ4n) is 2.68. The van der Waals surface area contributed by atoms with Crippen LogP contribution >= 0.6 is 0 Å². The van der Waals surface area contributed by atoms with Crippen LogP contribution in [0.2, 0.25) is 0 Å². The van der Waals surface area contributed by atoms with Gasteiger partial charge >= 0.3 is 0 Å². The molecular weight excluding hydrogens is 126 g/mol. The third kappa shape index (κ3) is 0.789. The lowest BCUT2D eigenvalue weighted by Gasteiger charge is -2.55. The lowest BCUT2D eigenvalue weighted by molar-refractivity contribution is -0.0830. The minimum absolute atomic E-state index is 0.317. The molecule has 3 aliphatic rings. The SMILES string of the molecule is CN1CC2CC(CO)(C2)C1. The minimum atomic E-state index is 0.317. The summed E-state index contributed by atoms with van der Waals surface area (Å²) in [7, 11) is 2.15. The van der Waals surface area contributed by atoms with E-state index in [9.17, 15) is 0 Å². The quantitative estimate of drug-likeness (QED) is 0.568. The van der Waals surface area contributed by atoms with Crippen molar-refractivity contribution in [2.45, 2.75) is 12.8 Å². The molecule has 0 aromatic heterocycles. The van der Waals surface area contributed by atoms with Gasteiger partial charge in [-0.15, -0.1) is 0 Å².